The van der Waals surface area contributed by atoms with Gasteiger partial charge in [-0.1, -0.05) is 57.9 Å². The van der Waals surface area contributed by atoms with Crippen LogP contribution in [0.25, 0.3) is 11.3 Å². The average Bonchev–Trinajstić information content (AvgIpc) is 3.37. The van der Waals surface area contributed by atoms with Gasteiger partial charge >= 0.3 is 0 Å². The second-order valence-electron chi connectivity index (χ2n) is 7.28. The monoisotopic (exact) mass is 438 g/mol. The summed E-state index contributed by atoms with van der Waals surface area (Å²) in [7, 11) is 0. The average molecular weight is 439 g/mol. The molecule has 1 unspecified atom stereocenters. The Kier molecular flexibility index (Phi) is 5.62. The highest BCUT2D eigenvalue weighted by Gasteiger charge is 2.29. The first-order valence-electron chi connectivity index (χ1n) is 9.67. The number of aromatic nitrogens is 1. The number of hydrogen-bond acceptors (Lipinski definition) is 3. The van der Waals surface area contributed by atoms with E-state index in [-0.39, 0.29) is 11.9 Å². The molecule has 2 heterocycles. The lowest BCUT2D eigenvalue weighted by atomic mass is 10.0. The van der Waals surface area contributed by atoms with E-state index in [1.807, 2.05) is 29.2 Å². The lowest BCUT2D eigenvalue weighted by molar-refractivity contribution is -0.132. The number of carbonyl (C=O) groups excluding carboxylic acids is 1. The Hall–Kier alpha value is -2.40. The molecule has 4 nitrogen and oxygen atoms in total. The van der Waals surface area contributed by atoms with Crippen molar-refractivity contribution in [2.75, 3.05) is 6.54 Å². The van der Waals surface area contributed by atoms with Gasteiger partial charge in [0.05, 0.1) is 12.2 Å². The summed E-state index contributed by atoms with van der Waals surface area (Å²) in [6.07, 6.45) is 4.74. The summed E-state index contributed by atoms with van der Waals surface area (Å²) in [5.41, 5.74) is 3.41. The highest BCUT2D eigenvalue weighted by atomic mass is 79.9. The first-order valence-corrected chi connectivity index (χ1v) is 10.5. The van der Waals surface area contributed by atoms with E-state index in [9.17, 15) is 4.79 Å². The molecular formula is C23H23BrN2O2. The van der Waals surface area contributed by atoms with Crippen LogP contribution < -0.4 is 0 Å². The third-order valence-electron chi connectivity index (χ3n) is 5.27. The van der Waals surface area contributed by atoms with Crippen LogP contribution in [0.1, 0.15) is 42.3 Å². The van der Waals surface area contributed by atoms with Gasteiger partial charge in [-0.25, -0.2) is 4.98 Å². The molecule has 2 aromatic carbocycles. The molecule has 3 aromatic rings. The minimum absolute atomic E-state index is 0.167. The molecule has 0 aliphatic carbocycles. The maximum Gasteiger partial charge on any atom is 0.223 e. The van der Waals surface area contributed by atoms with Crippen molar-refractivity contribution in [1.29, 1.82) is 0 Å². The van der Waals surface area contributed by atoms with Crippen LogP contribution in [-0.2, 0) is 11.2 Å². The summed E-state index contributed by atoms with van der Waals surface area (Å²) in [5, 5.41) is 0. The lowest BCUT2D eigenvalue weighted by Crippen LogP contribution is -2.30. The standard InChI is InChI=1S/C23H23BrN2O2/c1-16-4-6-18(7-5-16)21-15-25-22(28-21)12-13-23(27)26-14-2-3-20(26)17-8-10-19(24)11-9-17/h4-11,15,20H,2-3,12-14H2,1H3. The Morgan fingerprint density at radius 3 is 2.68 bits per heavy atom. The molecular weight excluding hydrogens is 416 g/mol. The zero-order chi connectivity index (χ0) is 19.5. The van der Waals surface area contributed by atoms with Gasteiger partial charge in [0.2, 0.25) is 5.91 Å². The molecule has 1 amide bonds. The fourth-order valence-electron chi connectivity index (χ4n) is 3.73. The molecule has 0 saturated carbocycles. The van der Waals surface area contributed by atoms with Gasteiger partial charge in [0, 0.05) is 29.4 Å². The van der Waals surface area contributed by atoms with Crippen molar-refractivity contribution < 1.29 is 9.21 Å². The Morgan fingerprint density at radius 2 is 1.93 bits per heavy atom. The number of aryl methyl sites for hydroxylation is 2. The first-order chi connectivity index (χ1) is 13.6. The zero-order valence-corrected chi connectivity index (χ0v) is 17.5. The molecule has 0 radical (unpaired) electrons. The maximum absolute atomic E-state index is 12.8. The number of halogens is 1. The molecule has 28 heavy (non-hydrogen) atoms. The second-order valence-corrected chi connectivity index (χ2v) is 8.20. The van der Waals surface area contributed by atoms with E-state index in [1.54, 1.807) is 6.20 Å². The van der Waals surface area contributed by atoms with Crippen molar-refractivity contribution in [1.82, 2.24) is 9.88 Å². The summed E-state index contributed by atoms with van der Waals surface area (Å²) in [6, 6.07) is 16.6. The smallest absolute Gasteiger partial charge is 0.223 e. The molecule has 0 bridgehead atoms. The number of benzene rings is 2. The molecule has 5 heteroatoms. The molecule has 1 aliphatic rings. The van der Waals surface area contributed by atoms with Crippen molar-refractivity contribution in [3.8, 4) is 11.3 Å². The highest BCUT2D eigenvalue weighted by molar-refractivity contribution is 9.10. The van der Waals surface area contributed by atoms with Crippen LogP contribution >= 0.6 is 15.9 Å². The van der Waals surface area contributed by atoms with E-state index in [0.717, 1.165) is 35.2 Å². The minimum atomic E-state index is 0.167. The van der Waals surface area contributed by atoms with Gasteiger partial charge < -0.3 is 9.32 Å². The molecule has 4 rings (SSSR count). The van der Waals surface area contributed by atoms with Crippen LogP contribution in [0.15, 0.2) is 63.6 Å². The second kappa shape index (κ2) is 8.31. The van der Waals surface area contributed by atoms with Crippen molar-refractivity contribution in [2.24, 2.45) is 0 Å². The van der Waals surface area contributed by atoms with Crippen LogP contribution in [0.2, 0.25) is 0 Å². The van der Waals surface area contributed by atoms with E-state index in [0.29, 0.717) is 18.7 Å². The summed E-state index contributed by atoms with van der Waals surface area (Å²) >= 11 is 3.47. The molecule has 144 valence electrons. The number of nitrogens with zero attached hydrogens (tertiary/aromatic N) is 2. The summed E-state index contributed by atoms with van der Waals surface area (Å²) < 4.78 is 6.92. The van der Waals surface area contributed by atoms with Gasteiger partial charge in [0.1, 0.15) is 0 Å². The van der Waals surface area contributed by atoms with Gasteiger partial charge in [0.15, 0.2) is 11.7 Å². The number of oxazole rings is 1. The highest BCUT2D eigenvalue weighted by Crippen LogP contribution is 2.33. The molecule has 1 atom stereocenters. The van der Waals surface area contributed by atoms with E-state index in [2.05, 4.69) is 52.1 Å². The normalized spacial score (nSPS) is 16.5. The Bertz CT molecular complexity index is 947. The van der Waals surface area contributed by atoms with Gasteiger partial charge in [-0.05, 0) is 37.5 Å². The van der Waals surface area contributed by atoms with Gasteiger partial charge in [-0.2, -0.15) is 0 Å². The molecule has 1 fully saturated rings. The number of carbonyl (C=O) groups is 1. The molecule has 0 N–H and O–H groups in total. The predicted molar refractivity (Wildman–Crippen MR) is 113 cm³/mol. The third kappa shape index (κ3) is 4.20. The minimum Gasteiger partial charge on any atom is -0.441 e. The van der Waals surface area contributed by atoms with E-state index in [4.69, 9.17) is 4.42 Å². The molecule has 1 saturated heterocycles. The zero-order valence-electron chi connectivity index (χ0n) is 15.9. The maximum atomic E-state index is 12.8. The topological polar surface area (TPSA) is 46.3 Å². The van der Waals surface area contributed by atoms with Crippen molar-refractivity contribution in [3.05, 3.63) is 76.2 Å². The van der Waals surface area contributed by atoms with Gasteiger partial charge in [-0.3, -0.25) is 4.79 Å². The Balaban J connectivity index is 1.39. The van der Waals surface area contributed by atoms with Crippen molar-refractivity contribution in [2.45, 2.75) is 38.6 Å². The number of hydrogen-bond donors (Lipinski definition) is 0. The van der Waals surface area contributed by atoms with Gasteiger partial charge in [0.25, 0.3) is 0 Å². The fourth-order valence-corrected chi connectivity index (χ4v) is 4.00. The predicted octanol–water partition coefficient (Wildman–Crippen LogP) is 5.71. The van der Waals surface area contributed by atoms with Crippen molar-refractivity contribution in [3.63, 3.8) is 0 Å². The van der Waals surface area contributed by atoms with Crippen LogP contribution in [0.4, 0.5) is 0 Å². The fraction of sp³-hybridized carbons (Fsp3) is 0.304. The van der Waals surface area contributed by atoms with E-state index < -0.39 is 0 Å². The van der Waals surface area contributed by atoms with Crippen LogP contribution in [0.3, 0.4) is 0 Å². The Labute approximate surface area is 173 Å². The quantitative estimate of drug-likeness (QED) is 0.512. The third-order valence-corrected chi connectivity index (χ3v) is 5.80. The van der Waals surface area contributed by atoms with Crippen LogP contribution in [0, 0.1) is 6.92 Å². The molecule has 0 spiro atoms. The first kappa shape index (κ1) is 18.9. The molecule has 1 aromatic heterocycles. The number of amides is 1. The van der Waals surface area contributed by atoms with Crippen LogP contribution in [-0.4, -0.2) is 22.3 Å². The number of likely N-dealkylation sites (tertiary alicyclic amines) is 1. The van der Waals surface area contributed by atoms with E-state index in [1.165, 1.54) is 11.1 Å². The summed E-state index contributed by atoms with van der Waals surface area (Å²) in [4.78, 5) is 19.2. The summed E-state index contributed by atoms with van der Waals surface area (Å²) in [6.45, 7) is 2.88. The van der Waals surface area contributed by atoms with E-state index >= 15 is 0 Å². The number of rotatable bonds is 5. The SMILES string of the molecule is Cc1ccc(-c2cnc(CCC(=O)N3CCCC3c3ccc(Br)cc3)o2)cc1. The lowest BCUT2D eigenvalue weighted by Gasteiger charge is -2.25. The van der Waals surface area contributed by atoms with Gasteiger partial charge in [-0.15, -0.1) is 0 Å². The van der Waals surface area contributed by atoms with Crippen LogP contribution in [0.5, 0.6) is 0 Å². The summed E-state index contributed by atoms with van der Waals surface area (Å²) in [5.74, 6) is 1.53. The van der Waals surface area contributed by atoms with Crippen molar-refractivity contribution >= 4 is 21.8 Å². The molecule has 1 aliphatic heterocycles. The largest absolute Gasteiger partial charge is 0.441 e. The Morgan fingerprint density at radius 1 is 1.18 bits per heavy atom.